The Labute approximate surface area is 77.2 Å². The summed E-state index contributed by atoms with van der Waals surface area (Å²) >= 11 is 6.15. The first-order valence-electron chi connectivity index (χ1n) is 2.80. The van der Waals surface area contributed by atoms with Gasteiger partial charge < -0.3 is 0 Å². The van der Waals surface area contributed by atoms with Crippen LogP contribution in [0.4, 0.5) is 0 Å². The topological polar surface area (TPSA) is 36.2 Å². The minimum absolute atomic E-state index is 0.272. The van der Waals surface area contributed by atoms with Crippen LogP contribution in [-0.4, -0.2) is 10.8 Å². The van der Waals surface area contributed by atoms with Crippen molar-refractivity contribution in [1.29, 1.82) is 5.41 Å². The highest BCUT2D eigenvalue weighted by molar-refractivity contribution is 9.19. The fourth-order valence-electron chi connectivity index (χ4n) is 0.339. The Kier molecular flexibility index (Phi) is 5.82. The third-order valence-corrected chi connectivity index (χ3v) is 1.41. The lowest BCUT2D eigenvalue weighted by Crippen LogP contribution is -1.82. The smallest absolute Gasteiger partial charge is 0.115 e. The van der Waals surface area contributed by atoms with Crippen molar-refractivity contribution < 1.29 is 0 Å². The van der Waals surface area contributed by atoms with Gasteiger partial charge in [-0.2, -0.15) is 0 Å². The molecule has 0 radical (unpaired) electrons. The largest absolute Gasteiger partial charge is 0.292 e. The molecule has 0 aliphatic heterocycles. The summed E-state index contributed by atoms with van der Waals surface area (Å²) in [6.07, 6.45) is 4.29. The van der Waals surface area contributed by atoms with Gasteiger partial charge in [0.05, 0.1) is 6.21 Å². The molecule has 0 unspecified atom stereocenters. The quantitative estimate of drug-likeness (QED) is 0.603. The standard InChI is InChI=1S/C6H8Br2N2/c1-2-3-6(8)10-4-5(7)9/h3-4,9H,2H2,1H3/b6-3-,9-5?,10-4?. The van der Waals surface area contributed by atoms with Gasteiger partial charge in [0.1, 0.15) is 9.23 Å². The van der Waals surface area contributed by atoms with Gasteiger partial charge in [-0.15, -0.1) is 0 Å². The number of hydrogen-bond donors (Lipinski definition) is 1. The Morgan fingerprint density at radius 2 is 2.20 bits per heavy atom. The van der Waals surface area contributed by atoms with Crippen molar-refractivity contribution in [3.05, 3.63) is 10.7 Å². The molecule has 0 aromatic rings. The van der Waals surface area contributed by atoms with Gasteiger partial charge in [-0.3, -0.25) is 5.41 Å². The maximum atomic E-state index is 6.94. The van der Waals surface area contributed by atoms with E-state index in [1.807, 2.05) is 13.0 Å². The SMILES string of the molecule is CC/C=C(/Br)N=CC(=N)Br. The van der Waals surface area contributed by atoms with E-state index in [-0.39, 0.29) is 4.62 Å². The van der Waals surface area contributed by atoms with Crippen LogP contribution < -0.4 is 0 Å². The maximum absolute atomic E-state index is 6.94. The third-order valence-electron chi connectivity index (χ3n) is 0.674. The number of nitrogens with zero attached hydrogens (tertiary/aromatic N) is 1. The first kappa shape index (κ1) is 10.0. The van der Waals surface area contributed by atoms with Gasteiger partial charge in [0.15, 0.2) is 0 Å². The van der Waals surface area contributed by atoms with E-state index in [4.69, 9.17) is 5.41 Å². The van der Waals surface area contributed by atoms with Gasteiger partial charge in [0.25, 0.3) is 0 Å². The molecule has 0 aliphatic carbocycles. The second kappa shape index (κ2) is 5.80. The van der Waals surface area contributed by atoms with Crippen LogP contribution in [0.15, 0.2) is 15.7 Å². The van der Waals surface area contributed by atoms with Gasteiger partial charge in [0.2, 0.25) is 0 Å². The number of nitrogens with one attached hydrogen (secondary N) is 1. The first-order valence-corrected chi connectivity index (χ1v) is 4.39. The second-order valence-corrected chi connectivity index (χ2v) is 3.21. The lowest BCUT2D eigenvalue weighted by Gasteiger charge is -1.85. The molecule has 0 aromatic heterocycles. The predicted octanol–water partition coefficient (Wildman–Crippen LogP) is 3.08. The molecule has 10 heavy (non-hydrogen) atoms. The summed E-state index contributed by atoms with van der Waals surface area (Å²) in [6.45, 7) is 2.02. The second-order valence-electron chi connectivity index (χ2n) is 1.54. The van der Waals surface area contributed by atoms with Crippen molar-refractivity contribution in [3.63, 3.8) is 0 Å². The number of rotatable bonds is 3. The molecule has 56 valence electrons. The number of allylic oxidation sites excluding steroid dienone is 1. The summed E-state index contributed by atoms with van der Waals surface area (Å²) in [5.74, 6) is 0. The highest BCUT2D eigenvalue weighted by Crippen LogP contribution is 2.06. The van der Waals surface area contributed by atoms with Gasteiger partial charge in [0, 0.05) is 0 Å². The molecule has 0 amide bonds. The molecule has 0 saturated carbocycles. The van der Waals surface area contributed by atoms with Crippen molar-refractivity contribution >= 4 is 42.7 Å². The lowest BCUT2D eigenvalue weighted by molar-refractivity contribution is 1.21. The monoisotopic (exact) mass is 266 g/mol. The van der Waals surface area contributed by atoms with Crippen LogP contribution in [0.1, 0.15) is 13.3 Å². The molecule has 4 heteroatoms. The van der Waals surface area contributed by atoms with Gasteiger partial charge in [-0.25, -0.2) is 4.99 Å². The molecular weight excluding hydrogens is 260 g/mol. The van der Waals surface area contributed by atoms with Crippen LogP contribution in [0, 0.1) is 5.41 Å². The molecule has 0 rings (SSSR count). The van der Waals surface area contributed by atoms with E-state index >= 15 is 0 Å². The summed E-state index contributed by atoms with van der Waals surface area (Å²) in [7, 11) is 0. The fraction of sp³-hybridized carbons (Fsp3) is 0.333. The van der Waals surface area contributed by atoms with Gasteiger partial charge in [-0.1, -0.05) is 13.0 Å². The molecule has 0 spiro atoms. The molecule has 0 aromatic carbocycles. The van der Waals surface area contributed by atoms with E-state index in [1.54, 1.807) is 0 Å². The van der Waals surface area contributed by atoms with E-state index in [0.29, 0.717) is 0 Å². The van der Waals surface area contributed by atoms with Gasteiger partial charge >= 0.3 is 0 Å². The Morgan fingerprint density at radius 3 is 2.60 bits per heavy atom. The van der Waals surface area contributed by atoms with Crippen LogP contribution in [0.3, 0.4) is 0 Å². The minimum atomic E-state index is 0.272. The fourth-order valence-corrected chi connectivity index (χ4v) is 0.868. The van der Waals surface area contributed by atoms with E-state index in [9.17, 15) is 0 Å². The Hall–Kier alpha value is 0.0400. The Morgan fingerprint density at radius 1 is 1.60 bits per heavy atom. The van der Waals surface area contributed by atoms with Crippen molar-refractivity contribution in [2.24, 2.45) is 4.99 Å². The average molecular weight is 268 g/mol. The van der Waals surface area contributed by atoms with Crippen LogP contribution in [0.2, 0.25) is 0 Å². The molecule has 1 N–H and O–H groups in total. The molecule has 2 nitrogen and oxygen atoms in total. The third kappa shape index (κ3) is 6.16. The zero-order chi connectivity index (χ0) is 7.98. The highest BCUT2D eigenvalue weighted by atomic mass is 79.9. The maximum Gasteiger partial charge on any atom is 0.115 e. The van der Waals surface area contributed by atoms with E-state index in [0.717, 1.165) is 11.0 Å². The van der Waals surface area contributed by atoms with Crippen LogP contribution in [0.5, 0.6) is 0 Å². The summed E-state index contributed by atoms with van der Waals surface area (Å²) in [5, 5.41) is 6.94. The normalized spacial score (nSPS) is 12.5. The molecule has 0 aliphatic rings. The number of aliphatic imine (C=N–C) groups is 1. The van der Waals surface area contributed by atoms with Crippen molar-refractivity contribution in [1.82, 2.24) is 0 Å². The molecule has 0 bridgehead atoms. The van der Waals surface area contributed by atoms with Crippen LogP contribution in [-0.2, 0) is 0 Å². The summed E-state index contributed by atoms with van der Waals surface area (Å²) in [4.78, 5) is 3.89. The number of halogens is 2. The van der Waals surface area contributed by atoms with Crippen LogP contribution >= 0.6 is 31.9 Å². The highest BCUT2D eigenvalue weighted by Gasteiger charge is 1.83. The van der Waals surface area contributed by atoms with Gasteiger partial charge in [-0.05, 0) is 38.3 Å². The minimum Gasteiger partial charge on any atom is -0.292 e. The predicted molar refractivity (Wildman–Crippen MR) is 52.4 cm³/mol. The summed E-state index contributed by atoms with van der Waals surface area (Å²) in [6, 6.07) is 0. The summed E-state index contributed by atoms with van der Waals surface area (Å²) in [5.41, 5.74) is 0. The van der Waals surface area contributed by atoms with Crippen molar-refractivity contribution in [3.8, 4) is 0 Å². The average Bonchev–Trinajstić information content (AvgIpc) is 1.85. The Balaban J connectivity index is 3.89. The molecule has 0 heterocycles. The molecule has 0 saturated heterocycles. The summed E-state index contributed by atoms with van der Waals surface area (Å²) < 4.78 is 1.04. The molecule has 0 fully saturated rings. The van der Waals surface area contributed by atoms with E-state index < -0.39 is 0 Å². The zero-order valence-electron chi connectivity index (χ0n) is 5.56. The Bertz CT molecular complexity index is 173. The van der Waals surface area contributed by atoms with Crippen molar-refractivity contribution in [2.75, 3.05) is 0 Å². The number of hydrogen-bond acceptors (Lipinski definition) is 2. The van der Waals surface area contributed by atoms with Crippen molar-refractivity contribution in [2.45, 2.75) is 13.3 Å². The van der Waals surface area contributed by atoms with E-state index in [2.05, 4.69) is 36.9 Å². The molecule has 0 atom stereocenters. The first-order chi connectivity index (χ1) is 4.66. The lowest BCUT2D eigenvalue weighted by atomic mass is 10.5. The molecular formula is C6H8Br2N2. The van der Waals surface area contributed by atoms with Crippen LogP contribution in [0.25, 0.3) is 0 Å². The van der Waals surface area contributed by atoms with E-state index in [1.165, 1.54) is 6.21 Å². The zero-order valence-corrected chi connectivity index (χ0v) is 8.74.